The van der Waals surface area contributed by atoms with Gasteiger partial charge in [-0.2, -0.15) is 0 Å². The Morgan fingerprint density at radius 3 is 2.57 bits per heavy atom. The molecule has 0 spiro atoms. The molecular formula is C22H22N4O3S. The Balaban J connectivity index is 1.93. The number of nitrogens with zero attached hydrogens (tertiary/aromatic N) is 4. The molecule has 7 nitrogen and oxygen atoms in total. The van der Waals surface area contributed by atoms with Gasteiger partial charge in [0.05, 0.1) is 29.5 Å². The highest BCUT2D eigenvalue weighted by Gasteiger charge is 2.18. The molecule has 0 saturated heterocycles. The van der Waals surface area contributed by atoms with E-state index >= 15 is 0 Å². The lowest BCUT2D eigenvalue weighted by Crippen LogP contribution is -2.22. The first-order valence-corrected chi connectivity index (χ1v) is 10.7. The molecule has 0 saturated carbocycles. The van der Waals surface area contributed by atoms with Crippen LogP contribution in [0.3, 0.4) is 0 Å². The fraction of sp³-hybridized carbons (Fsp3) is 0.273. The standard InChI is InChI=1S/C22H22N4O3S/c1-4-14(2)15-9-11-16(12-10-15)25-20(28)17-7-5-6-8-18(17)26-21(25)23-24-22(26)30-13-19(27)29-3/h5-12,14H,4,13H2,1-3H3. The highest BCUT2D eigenvalue weighted by molar-refractivity contribution is 7.99. The summed E-state index contributed by atoms with van der Waals surface area (Å²) in [6, 6.07) is 15.3. The first-order chi connectivity index (χ1) is 14.5. The summed E-state index contributed by atoms with van der Waals surface area (Å²) in [6.07, 6.45) is 1.05. The third-order valence-corrected chi connectivity index (χ3v) is 6.18. The lowest BCUT2D eigenvalue weighted by Gasteiger charge is -2.13. The van der Waals surface area contributed by atoms with Gasteiger partial charge in [0.15, 0.2) is 5.16 Å². The Morgan fingerprint density at radius 2 is 1.87 bits per heavy atom. The van der Waals surface area contributed by atoms with Gasteiger partial charge in [-0.1, -0.05) is 49.9 Å². The molecular weight excluding hydrogens is 400 g/mol. The number of ether oxygens (including phenoxy) is 1. The smallest absolute Gasteiger partial charge is 0.316 e. The van der Waals surface area contributed by atoms with Gasteiger partial charge in [-0.15, -0.1) is 10.2 Å². The van der Waals surface area contributed by atoms with E-state index in [2.05, 4.69) is 24.0 Å². The molecule has 0 bridgehead atoms. The second-order valence-electron chi connectivity index (χ2n) is 7.04. The van der Waals surface area contributed by atoms with Crippen LogP contribution in [0.1, 0.15) is 31.7 Å². The van der Waals surface area contributed by atoms with Crippen LogP contribution in [0.15, 0.2) is 58.5 Å². The Kier molecular flexibility index (Phi) is 5.59. The molecule has 0 aliphatic heterocycles. The number of para-hydroxylation sites is 1. The van der Waals surface area contributed by atoms with E-state index < -0.39 is 0 Å². The molecule has 2 aromatic heterocycles. The first kappa shape index (κ1) is 20.2. The maximum atomic E-state index is 13.3. The van der Waals surface area contributed by atoms with Crippen molar-refractivity contribution < 1.29 is 9.53 Å². The largest absolute Gasteiger partial charge is 0.468 e. The molecule has 2 heterocycles. The molecule has 4 rings (SSSR count). The van der Waals surface area contributed by atoms with Crippen molar-refractivity contribution in [3.8, 4) is 5.69 Å². The van der Waals surface area contributed by atoms with E-state index in [9.17, 15) is 9.59 Å². The molecule has 2 aromatic carbocycles. The maximum Gasteiger partial charge on any atom is 0.316 e. The summed E-state index contributed by atoms with van der Waals surface area (Å²) in [7, 11) is 1.35. The van der Waals surface area contributed by atoms with E-state index in [0.717, 1.165) is 12.1 Å². The number of rotatable bonds is 6. The minimum absolute atomic E-state index is 0.106. The van der Waals surface area contributed by atoms with Crippen LogP contribution in [0.5, 0.6) is 0 Å². The van der Waals surface area contributed by atoms with Crippen molar-refractivity contribution in [2.75, 3.05) is 12.9 Å². The number of carbonyl (C=O) groups is 1. The summed E-state index contributed by atoms with van der Waals surface area (Å²) in [5.41, 5.74) is 2.48. The quantitative estimate of drug-likeness (QED) is 0.347. The second kappa shape index (κ2) is 8.31. The van der Waals surface area contributed by atoms with Gasteiger partial charge in [0.2, 0.25) is 5.78 Å². The minimum atomic E-state index is -0.352. The van der Waals surface area contributed by atoms with Crippen molar-refractivity contribution in [3.63, 3.8) is 0 Å². The number of methoxy groups -OCH3 is 1. The van der Waals surface area contributed by atoms with Gasteiger partial charge in [0.25, 0.3) is 5.56 Å². The summed E-state index contributed by atoms with van der Waals surface area (Å²) in [5.74, 6) is 0.605. The number of aromatic nitrogens is 4. The Labute approximate surface area is 177 Å². The van der Waals surface area contributed by atoms with Gasteiger partial charge in [-0.3, -0.25) is 14.0 Å². The van der Waals surface area contributed by atoms with Crippen molar-refractivity contribution in [2.24, 2.45) is 0 Å². The Morgan fingerprint density at radius 1 is 1.13 bits per heavy atom. The number of fused-ring (bicyclic) bond motifs is 3. The zero-order chi connectivity index (χ0) is 21.3. The number of carbonyl (C=O) groups excluding carboxylic acids is 1. The minimum Gasteiger partial charge on any atom is -0.468 e. The summed E-state index contributed by atoms with van der Waals surface area (Å²) in [4.78, 5) is 24.9. The monoisotopic (exact) mass is 422 g/mol. The molecule has 0 fully saturated rings. The second-order valence-corrected chi connectivity index (χ2v) is 7.98. The van der Waals surface area contributed by atoms with E-state index in [4.69, 9.17) is 4.74 Å². The molecule has 30 heavy (non-hydrogen) atoms. The average Bonchev–Trinajstić information content (AvgIpc) is 3.21. The van der Waals surface area contributed by atoms with Crippen molar-refractivity contribution >= 4 is 34.4 Å². The van der Waals surface area contributed by atoms with Crippen LogP contribution >= 0.6 is 11.8 Å². The molecule has 8 heteroatoms. The van der Waals surface area contributed by atoms with Crippen LogP contribution in [0.25, 0.3) is 22.4 Å². The Bertz CT molecular complexity index is 1280. The molecule has 0 amide bonds. The zero-order valence-corrected chi connectivity index (χ0v) is 17.8. The van der Waals surface area contributed by atoms with Crippen molar-refractivity contribution in [2.45, 2.75) is 31.3 Å². The van der Waals surface area contributed by atoms with E-state index in [1.807, 2.05) is 46.9 Å². The summed E-state index contributed by atoms with van der Waals surface area (Å²) < 4.78 is 8.11. The normalized spacial score (nSPS) is 12.4. The van der Waals surface area contributed by atoms with Gasteiger partial charge in [0.1, 0.15) is 0 Å². The van der Waals surface area contributed by atoms with Crippen LogP contribution in [0.2, 0.25) is 0 Å². The highest BCUT2D eigenvalue weighted by atomic mass is 32.2. The summed E-state index contributed by atoms with van der Waals surface area (Å²) in [6.45, 7) is 4.33. The number of hydrogen-bond acceptors (Lipinski definition) is 6. The number of thioether (sulfide) groups is 1. The van der Waals surface area contributed by atoms with Crippen molar-refractivity contribution in [1.82, 2.24) is 19.2 Å². The van der Waals surface area contributed by atoms with Gasteiger partial charge in [0, 0.05) is 0 Å². The number of benzene rings is 2. The van der Waals surface area contributed by atoms with Crippen molar-refractivity contribution in [3.05, 3.63) is 64.4 Å². The van der Waals surface area contributed by atoms with Gasteiger partial charge in [-0.25, -0.2) is 4.57 Å². The first-order valence-electron chi connectivity index (χ1n) is 9.74. The van der Waals surface area contributed by atoms with E-state index in [0.29, 0.717) is 27.8 Å². The lowest BCUT2D eigenvalue weighted by molar-refractivity contribution is -0.137. The molecule has 0 N–H and O–H groups in total. The van der Waals surface area contributed by atoms with Crippen LogP contribution in [-0.2, 0) is 9.53 Å². The van der Waals surface area contributed by atoms with E-state index in [1.54, 1.807) is 10.6 Å². The van der Waals surface area contributed by atoms with Crippen LogP contribution in [0, 0.1) is 0 Å². The molecule has 1 atom stereocenters. The third-order valence-electron chi connectivity index (χ3n) is 5.27. The highest BCUT2D eigenvalue weighted by Crippen LogP contribution is 2.24. The maximum absolute atomic E-state index is 13.3. The van der Waals surface area contributed by atoms with Crippen LogP contribution < -0.4 is 5.56 Å². The average molecular weight is 423 g/mol. The predicted octanol–water partition coefficient (Wildman–Crippen LogP) is 3.81. The predicted molar refractivity (Wildman–Crippen MR) is 118 cm³/mol. The van der Waals surface area contributed by atoms with E-state index in [1.165, 1.54) is 24.4 Å². The number of hydrogen-bond donors (Lipinski definition) is 0. The van der Waals surface area contributed by atoms with Gasteiger partial charge < -0.3 is 4.74 Å². The fourth-order valence-corrected chi connectivity index (χ4v) is 4.15. The molecule has 1 unspecified atom stereocenters. The summed E-state index contributed by atoms with van der Waals surface area (Å²) in [5, 5.41) is 9.61. The zero-order valence-electron chi connectivity index (χ0n) is 17.0. The Hall–Kier alpha value is -3.13. The SMILES string of the molecule is CCC(C)c1ccc(-n2c(=O)c3ccccc3n3c(SCC(=O)OC)nnc23)cc1. The molecule has 4 aromatic rings. The van der Waals surface area contributed by atoms with Crippen LogP contribution in [-0.4, -0.2) is 38.0 Å². The topological polar surface area (TPSA) is 78.5 Å². The van der Waals surface area contributed by atoms with Crippen LogP contribution in [0.4, 0.5) is 0 Å². The summed E-state index contributed by atoms with van der Waals surface area (Å²) >= 11 is 1.22. The molecule has 0 aliphatic carbocycles. The third kappa shape index (κ3) is 3.47. The van der Waals surface area contributed by atoms with E-state index in [-0.39, 0.29) is 17.3 Å². The van der Waals surface area contributed by atoms with Gasteiger partial charge >= 0.3 is 5.97 Å². The molecule has 0 aliphatic rings. The lowest BCUT2D eigenvalue weighted by atomic mass is 9.98. The van der Waals surface area contributed by atoms with Crippen molar-refractivity contribution in [1.29, 1.82) is 0 Å². The van der Waals surface area contributed by atoms with Gasteiger partial charge in [-0.05, 0) is 42.2 Å². The molecule has 0 radical (unpaired) electrons. The molecule has 154 valence electrons. The fourth-order valence-electron chi connectivity index (χ4n) is 3.37. The number of esters is 1.